The summed E-state index contributed by atoms with van der Waals surface area (Å²) in [6.45, 7) is 4.70. The van der Waals surface area contributed by atoms with E-state index in [0.29, 0.717) is 5.92 Å². The summed E-state index contributed by atoms with van der Waals surface area (Å²) in [7, 11) is 0. The highest BCUT2D eigenvalue weighted by Gasteiger charge is 2.28. The zero-order valence-electron chi connectivity index (χ0n) is 11.6. The molecule has 5 heteroatoms. The van der Waals surface area contributed by atoms with Crippen LogP contribution in [-0.2, 0) is 11.2 Å². The molecule has 1 unspecified atom stereocenters. The lowest BCUT2D eigenvalue weighted by atomic mass is 9.88. The van der Waals surface area contributed by atoms with Crippen LogP contribution in [0.25, 0.3) is 0 Å². The van der Waals surface area contributed by atoms with Gasteiger partial charge in [-0.05, 0) is 55.6 Å². The molecule has 0 saturated carbocycles. The molecule has 1 atom stereocenters. The van der Waals surface area contributed by atoms with E-state index in [-0.39, 0.29) is 24.2 Å². The van der Waals surface area contributed by atoms with Crippen LogP contribution in [0.2, 0.25) is 0 Å². The van der Waals surface area contributed by atoms with E-state index in [1.54, 1.807) is 0 Å². The molecule has 20 heavy (non-hydrogen) atoms. The largest absolute Gasteiger partial charge is 0.493 e. The molecule has 1 saturated heterocycles. The first kappa shape index (κ1) is 15.1. The molecular formula is C15H21ClN2O2. The summed E-state index contributed by atoms with van der Waals surface area (Å²) in [5, 5.41) is 6.22. The summed E-state index contributed by atoms with van der Waals surface area (Å²) >= 11 is 0. The zero-order chi connectivity index (χ0) is 13.2. The summed E-state index contributed by atoms with van der Waals surface area (Å²) < 4.78 is 5.57. The fraction of sp³-hybridized carbons (Fsp3) is 0.533. The quantitative estimate of drug-likeness (QED) is 0.899. The average molecular weight is 297 g/mol. The number of ether oxygens (including phenoxy) is 1. The summed E-state index contributed by atoms with van der Waals surface area (Å²) in [5.41, 5.74) is 2.08. The van der Waals surface area contributed by atoms with Crippen LogP contribution in [0.1, 0.15) is 18.9 Å². The molecule has 1 amide bonds. The van der Waals surface area contributed by atoms with Gasteiger partial charge in [-0.25, -0.2) is 0 Å². The Morgan fingerprint density at radius 1 is 1.45 bits per heavy atom. The second kappa shape index (κ2) is 6.46. The van der Waals surface area contributed by atoms with Gasteiger partial charge in [0, 0.05) is 11.6 Å². The van der Waals surface area contributed by atoms with Crippen molar-refractivity contribution in [2.24, 2.45) is 11.8 Å². The Labute approximate surface area is 125 Å². The Morgan fingerprint density at radius 3 is 2.95 bits per heavy atom. The van der Waals surface area contributed by atoms with E-state index in [1.165, 1.54) is 5.56 Å². The summed E-state index contributed by atoms with van der Waals surface area (Å²) in [4.78, 5) is 12.1. The summed E-state index contributed by atoms with van der Waals surface area (Å²) in [6, 6.07) is 5.92. The Hall–Kier alpha value is -1.26. The molecule has 0 radical (unpaired) electrons. The average Bonchev–Trinajstić information content (AvgIpc) is 2.36. The number of carbonyl (C=O) groups excluding carboxylic acids is 1. The number of halogens is 1. The van der Waals surface area contributed by atoms with Crippen LogP contribution in [0.3, 0.4) is 0 Å². The zero-order valence-corrected chi connectivity index (χ0v) is 12.5. The van der Waals surface area contributed by atoms with Crippen molar-refractivity contribution in [2.75, 3.05) is 25.0 Å². The number of anilines is 1. The van der Waals surface area contributed by atoms with E-state index < -0.39 is 0 Å². The molecular weight excluding hydrogens is 276 g/mol. The van der Waals surface area contributed by atoms with Crippen LogP contribution >= 0.6 is 12.4 Å². The van der Waals surface area contributed by atoms with Crippen molar-refractivity contribution in [2.45, 2.75) is 19.8 Å². The minimum atomic E-state index is 0. The van der Waals surface area contributed by atoms with Crippen molar-refractivity contribution < 1.29 is 9.53 Å². The van der Waals surface area contributed by atoms with Gasteiger partial charge in [-0.2, -0.15) is 0 Å². The maximum atomic E-state index is 12.1. The molecule has 3 rings (SSSR count). The third-order valence-corrected chi connectivity index (χ3v) is 4.11. The van der Waals surface area contributed by atoms with E-state index in [2.05, 4.69) is 10.6 Å². The van der Waals surface area contributed by atoms with Gasteiger partial charge >= 0.3 is 0 Å². The minimum absolute atomic E-state index is 0. The van der Waals surface area contributed by atoms with E-state index >= 15 is 0 Å². The third kappa shape index (κ3) is 3.07. The van der Waals surface area contributed by atoms with Gasteiger partial charge in [0.15, 0.2) is 0 Å². The van der Waals surface area contributed by atoms with Gasteiger partial charge in [-0.1, -0.05) is 6.92 Å². The molecule has 1 fully saturated rings. The highest BCUT2D eigenvalue weighted by atomic mass is 35.5. The van der Waals surface area contributed by atoms with Crippen molar-refractivity contribution in [3.8, 4) is 5.75 Å². The third-order valence-electron chi connectivity index (χ3n) is 4.11. The fourth-order valence-corrected chi connectivity index (χ4v) is 2.57. The number of hydrogen-bond donors (Lipinski definition) is 2. The van der Waals surface area contributed by atoms with Gasteiger partial charge in [0.25, 0.3) is 0 Å². The molecule has 0 aromatic heterocycles. The number of aryl methyl sites for hydroxylation is 1. The number of carbonyl (C=O) groups is 1. The molecule has 4 nitrogen and oxygen atoms in total. The van der Waals surface area contributed by atoms with Gasteiger partial charge in [0.2, 0.25) is 5.91 Å². The molecule has 2 aliphatic heterocycles. The first-order valence-corrected chi connectivity index (χ1v) is 7.01. The normalized spacial score (nSPS) is 18.9. The summed E-state index contributed by atoms with van der Waals surface area (Å²) in [6.07, 6.45) is 2.08. The Kier molecular flexibility index (Phi) is 4.89. The predicted molar refractivity (Wildman–Crippen MR) is 81.7 cm³/mol. The van der Waals surface area contributed by atoms with Gasteiger partial charge in [0.1, 0.15) is 5.75 Å². The summed E-state index contributed by atoms with van der Waals surface area (Å²) in [5.74, 6) is 1.61. The second-order valence-corrected chi connectivity index (χ2v) is 5.47. The van der Waals surface area contributed by atoms with Crippen LogP contribution in [0.5, 0.6) is 5.75 Å². The smallest absolute Gasteiger partial charge is 0.227 e. The van der Waals surface area contributed by atoms with Gasteiger partial charge in [-0.3, -0.25) is 4.79 Å². The standard InChI is InChI=1S/C15H20N2O2.ClH/c1-10(12-8-16-9-12)15(18)17-13-4-5-14-11(7-13)3-2-6-19-14;/h4-5,7,10,12,16H,2-3,6,8-9H2,1H3,(H,17,18);1H. The predicted octanol–water partition coefficient (Wildman–Crippen LogP) is 2.23. The van der Waals surface area contributed by atoms with Gasteiger partial charge in [0.05, 0.1) is 6.61 Å². The highest BCUT2D eigenvalue weighted by molar-refractivity contribution is 5.92. The number of rotatable bonds is 3. The fourth-order valence-electron chi connectivity index (χ4n) is 2.57. The maximum Gasteiger partial charge on any atom is 0.227 e. The molecule has 0 bridgehead atoms. The van der Waals surface area contributed by atoms with Crippen LogP contribution in [-0.4, -0.2) is 25.6 Å². The SMILES string of the molecule is CC(C(=O)Nc1ccc2c(c1)CCCO2)C1CNC1.Cl. The van der Waals surface area contributed by atoms with Crippen LogP contribution in [0.4, 0.5) is 5.69 Å². The second-order valence-electron chi connectivity index (χ2n) is 5.47. The molecule has 2 aliphatic rings. The Balaban J connectivity index is 0.00000147. The first-order chi connectivity index (χ1) is 9.24. The van der Waals surface area contributed by atoms with Crippen molar-refractivity contribution >= 4 is 24.0 Å². The van der Waals surface area contributed by atoms with Crippen LogP contribution < -0.4 is 15.4 Å². The van der Waals surface area contributed by atoms with Crippen molar-refractivity contribution in [1.29, 1.82) is 0 Å². The van der Waals surface area contributed by atoms with E-state index in [9.17, 15) is 4.79 Å². The molecule has 110 valence electrons. The number of fused-ring (bicyclic) bond motifs is 1. The topological polar surface area (TPSA) is 50.4 Å². The number of benzene rings is 1. The number of nitrogens with one attached hydrogen (secondary N) is 2. The minimum Gasteiger partial charge on any atom is -0.493 e. The molecule has 0 aliphatic carbocycles. The maximum absolute atomic E-state index is 12.1. The number of amides is 1. The van der Waals surface area contributed by atoms with E-state index in [4.69, 9.17) is 4.74 Å². The first-order valence-electron chi connectivity index (χ1n) is 7.01. The molecule has 1 aromatic carbocycles. The lowest BCUT2D eigenvalue weighted by Gasteiger charge is -2.31. The lowest BCUT2D eigenvalue weighted by Crippen LogP contribution is -2.48. The Bertz CT molecular complexity index is 489. The molecule has 2 heterocycles. The van der Waals surface area contributed by atoms with Crippen LogP contribution in [0.15, 0.2) is 18.2 Å². The van der Waals surface area contributed by atoms with Crippen molar-refractivity contribution in [1.82, 2.24) is 5.32 Å². The monoisotopic (exact) mass is 296 g/mol. The van der Waals surface area contributed by atoms with E-state index in [1.807, 2.05) is 25.1 Å². The lowest BCUT2D eigenvalue weighted by molar-refractivity contribution is -0.121. The van der Waals surface area contributed by atoms with Gasteiger partial charge < -0.3 is 15.4 Å². The molecule has 2 N–H and O–H groups in total. The van der Waals surface area contributed by atoms with Crippen molar-refractivity contribution in [3.63, 3.8) is 0 Å². The molecule has 0 spiro atoms. The Morgan fingerprint density at radius 2 is 2.25 bits per heavy atom. The van der Waals surface area contributed by atoms with Crippen molar-refractivity contribution in [3.05, 3.63) is 23.8 Å². The number of hydrogen-bond acceptors (Lipinski definition) is 3. The molecule has 1 aromatic rings. The van der Waals surface area contributed by atoms with E-state index in [0.717, 1.165) is 44.0 Å². The highest BCUT2D eigenvalue weighted by Crippen LogP contribution is 2.28. The van der Waals surface area contributed by atoms with Crippen LogP contribution in [0, 0.1) is 11.8 Å². The van der Waals surface area contributed by atoms with Gasteiger partial charge in [-0.15, -0.1) is 12.4 Å².